The second-order valence-electron chi connectivity index (χ2n) is 5.04. The minimum Gasteiger partial charge on any atom is -0.490 e. The van der Waals surface area contributed by atoms with Gasteiger partial charge < -0.3 is 4.74 Å². The summed E-state index contributed by atoms with van der Waals surface area (Å²) in [6.07, 6.45) is 1.64. The number of aromatic nitrogens is 3. The number of thioether (sulfide) groups is 1. The van der Waals surface area contributed by atoms with Crippen molar-refractivity contribution in [3.63, 3.8) is 0 Å². The molecule has 0 N–H and O–H groups in total. The molecule has 0 atom stereocenters. The van der Waals surface area contributed by atoms with Crippen LogP contribution in [0.2, 0.25) is 5.02 Å². The van der Waals surface area contributed by atoms with E-state index in [1.807, 2.05) is 29.7 Å². The first kappa shape index (κ1) is 16.8. The number of para-hydroxylation sites is 1. The van der Waals surface area contributed by atoms with Crippen LogP contribution in [0.5, 0.6) is 5.75 Å². The Hall–Kier alpha value is -2.05. The van der Waals surface area contributed by atoms with Gasteiger partial charge in [-0.2, -0.15) is 0 Å². The van der Waals surface area contributed by atoms with Crippen molar-refractivity contribution in [3.05, 3.63) is 65.2 Å². The molecule has 0 unspecified atom stereocenters. The van der Waals surface area contributed by atoms with Gasteiger partial charge in [0.2, 0.25) is 0 Å². The van der Waals surface area contributed by atoms with Crippen LogP contribution in [-0.2, 0) is 0 Å². The molecule has 7 heteroatoms. The van der Waals surface area contributed by atoms with Gasteiger partial charge in [-0.05, 0) is 36.8 Å². The maximum absolute atomic E-state index is 13.5. The molecule has 4 nitrogen and oxygen atoms in total. The van der Waals surface area contributed by atoms with Crippen molar-refractivity contribution in [2.75, 3.05) is 12.4 Å². The molecule has 3 rings (SSSR count). The SMILES string of the molecule is Cc1ccc(-n2cnnc2SCCOc2ccccc2F)cc1Cl. The summed E-state index contributed by atoms with van der Waals surface area (Å²) in [5.74, 6) is 0.511. The van der Waals surface area contributed by atoms with Crippen molar-refractivity contribution < 1.29 is 9.13 Å². The Labute approximate surface area is 148 Å². The van der Waals surface area contributed by atoms with Gasteiger partial charge in [-0.25, -0.2) is 4.39 Å². The second kappa shape index (κ2) is 7.68. The fourth-order valence-electron chi connectivity index (χ4n) is 2.08. The van der Waals surface area contributed by atoms with Crippen LogP contribution in [0.4, 0.5) is 4.39 Å². The Morgan fingerprint density at radius 2 is 2.08 bits per heavy atom. The molecule has 0 saturated carbocycles. The number of benzene rings is 2. The zero-order valence-corrected chi connectivity index (χ0v) is 14.5. The molecule has 0 fully saturated rings. The molecule has 124 valence electrons. The van der Waals surface area contributed by atoms with Gasteiger partial charge in [-0.1, -0.05) is 41.6 Å². The largest absolute Gasteiger partial charge is 0.490 e. The molecule has 0 radical (unpaired) electrons. The van der Waals surface area contributed by atoms with E-state index in [0.717, 1.165) is 16.4 Å². The molecular formula is C17H15ClFN3OS. The fraction of sp³-hybridized carbons (Fsp3) is 0.176. The molecule has 0 amide bonds. The van der Waals surface area contributed by atoms with Crippen molar-refractivity contribution in [3.8, 4) is 11.4 Å². The first-order valence-corrected chi connectivity index (χ1v) is 8.68. The van der Waals surface area contributed by atoms with Gasteiger partial charge in [-0.3, -0.25) is 4.57 Å². The zero-order chi connectivity index (χ0) is 16.9. The lowest BCUT2D eigenvalue weighted by molar-refractivity contribution is 0.325. The average Bonchev–Trinajstić information content (AvgIpc) is 3.04. The third-order valence-electron chi connectivity index (χ3n) is 3.36. The van der Waals surface area contributed by atoms with Crippen LogP contribution in [0.15, 0.2) is 53.9 Å². The summed E-state index contributed by atoms with van der Waals surface area (Å²) in [5.41, 5.74) is 1.91. The first-order valence-electron chi connectivity index (χ1n) is 7.32. The molecule has 1 heterocycles. The van der Waals surface area contributed by atoms with E-state index in [4.69, 9.17) is 16.3 Å². The molecule has 3 aromatic rings. The van der Waals surface area contributed by atoms with E-state index in [1.165, 1.54) is 17.8 Å². The van der Waals surface area contributed by atoms with E-state index in [2.05, 4.69) is 10.2 Å². The summed E-state index contributed by atoms with van der Waals surface area (Å²) in [4.78, 5) is 0. The predicted molar refractivity (Wildman–Crippen MR) is 93.7 cm³/mol. The molecule has 0 spiro atoms. The van der Waals surface area contributed by atoms with E-state index in [-0.39, 0.29) is 11.6 Å². The van der Waals surface area contributed by atoms with Gasteiger partial charge >= 0.3 is 0 Å². The summed E-state index contributed by atoms with van der Waals surface area (Å²) in [6, 6.07) is 12.1. The van der Waals surface area contributed by atoms with E-state index < -0.39 is 0 Å². The summed E-state index contributed by atoms with van der Waals surface area (Å²) in [6.45, 7) is 2.32. The maximum atomic E-state index is 13.5. The van der Waals surface area contributed by atoms with Gasteiger partial charge in [0.25, 0.3) is 0 Å². The quantitative estimate of drug-likeness (QED) is 0.476. The van der Waals surface area contributed by atoms with E-state index in [0.29, 0.717) is 17.4 Å². The van der Waals surface area contributed by atoms with Crippen LogP contribution >= 0.6 is 23.4 Å². The molecular weight excluding hydrogens is 349 g/mol. The molecule has 0 saturated heterocycles. The van der Waals surface area contributed by atoms with Crippen LogP contribution in [0, 0.1) is 12.7 Å². The Bertz CT molecular complexity index is 840. The lowest BCUT2D eigenvalue weighted by Gasteiger charge is -2.09. The molecule has 0 bridgehead atoms. The minimum absolute atomic E-state index is 0.255. The van der Waals surface area contributed by atoms with E-state index >= 15 is 0 Å². The van der Waals surface area contributed by atoms with Crippen LogP contribution in [0.3, 0.4) is 0 Å². The van der Waals surface area contributed by atoms with Crippen molar-refractivity contribution in [1.29, 1.82) is 0 Å². The van der Waals surface area contributed by atoms with Crippen LogP contribution in [0.25, 0.3) is 5.69 Å². The van der Waals surface area contributed by atoms with Gasteiger partial charge in [-0.15, -0.1) is 10.2 Å². The molecule has 24 heavy (non-hydrogen) atoms. The number of hydrogen-bond acceptors (Lipinski definition) is 4. The van der Waals surface area contributed by atoms with Gasteiger partial charge in [0, 0.05) is 10.8 Å². The predicted octanol–water partition coefficient (Wildman–Crippen LogP) is 4.54. The zero-order valence-electron chi connectivity index (χ0n) is 12.9. The topological polar surface area (TPSA) is 39.9 Å². The highest BCUT2D eigenvalue weighted by Crippen LogP contribution is 2.24. The van der Waals surface area contributed by atoms with Crippen LogP contribution in [0.1, 0.15) is 5.56 Å². The fourth-order valence-corrected chi connectivity index (χ4v) is 3.00. The number of ether oxygens (including phenoxy) is 1. The number of nitrogens with zero attached hydrogens (tertiary/aromatic N) is 3. The Balaban J connectivity index is 1.62. The lowest BCUT2D eigenvalue weighted by atomic mass is 10.2. The Morgan fingerprint density at radius 1 is 1.25 bits per heavy atom. The molecule has 1 aromatic heterocycles. The van der Waals surface area contributed by atoms with E-state index in [9.17, 15) is 4.39 Å². The summed E-state index contributed by atoms with van der Waals surface area (Å²) >= 11 is 7.66. The monoisotopic (exact) mass is 363 g/mol. The summed E-state index contributed by atoms with van der Waals surface area (Å²) < 4.78 is 20.8. The van der Waals surface area contributed by atoms with Crippen molar-refractivity contribution in [2.24, 2.45) is 0 Å². The minimum atomic E-state index is -0.361. The molecule has 0 aliphatic rings. The number of halogens is 2. The highest BCUT2D eigenvalue weighted by Gasteiger charge is 2.09. The summed E-state index contributed by atoms with van der Waals surface area (Å²) in [5, 5.41) is 9.48. The summed E-state index contributed by atoms with van der Waals surface area (Å²) in [7, 11) is 0. The van der Waals surface area contributed by atoms with E-state index in [1.54, 1.807) is 24.5 Å². The Kier molecular flexibility index (Phi) is 5.37. The maximum Gasteiger partial charge on any atom is 0.195 e. The Morgan fingerprint density at radius 3 is 2.88 bits per heavy atom. The van der Waals surface area contributed by atoms with Crippen LogP contribution < -0.4 is 4.74 Å². The normalized spacial score (nSPS) is 10.8. The average molecular weight is 364 g/mol. The van der Waals surface area contributed by atoms with Crippen molar-refractivity contribution >= 4 is 23.4 Å². The third kappa shape index (κ3) is 3.88. The highest BCUT2D eigenvalue weighted by atomic mass is 35.5. The molecule has 0 aliphatic carbocycles. The second-order valence-corrected chi connectivity index (χ2v) is 6.51. The third-order valence-corrected chi connectivity index (χ3v) is 4.67. The highest BCUT2D eigenvalue weighted by molar-refractivity contribution is 7.99. The lowest BCUT2D eigenvalue weighted by Crippen LogP contribution is -2.03. The standard InChI is InChI=1S/C17H15ClFN3OS/c1-12-6-7-13(10-14(12)18)22-11-20-21-17(22)24-9-8-23-16-5-3-2-4-15(16)19/h2-7,10-11H,8-9H2,1H3. The number of hydrogen-bond donors (Lipinski definition) is 0. The smallest absolute Gasteiger partial charge is 0.195 e. The molecule has 0 aliphatic heterocycles. The van der Waals surface area contributed by atoms with Crippen molar-refractivity contribution in [1.82, 2.24) is 14.8 Å². The van der Waals surface area contributed by atoms with Crippen LogP contribution in [-0.4, -0.2) is 27.1 Å². The van der Waals surface area contributed by atoms with Gasteiger partial charge in [0.1, 0.15) is 6.33 Å². The number of aryl methyl sites for hydroxylation is 1. The van der Waals surface area contributed by atoms with Gasteiger partial charge in [0.15, 0.2) is 16.7 Å². The van der Waals surface area contributed by atoms with Crippen molar-refractivity contribution in [2.45, 2.75) is 12.1 Å². The molecule has 2 aromatic carbocycles. The first-order chi connectivity index (χ1) is 11.6. The number of rotatable bonds is 6. The van der Waals surface area contributed by atoms with Gasteiger partial charge in [0.05, 0.1) is 12.3 Å².